The predicted octanol–water partition coefficient (Wildman–Crippen LogP) is 1.45. The molecule has 2 unspecified atom stereocenters. The van der Waals surface area contributed by atoms with E-state index in [2.05, 4.69) is 33.1 Å². The Morgan fingerprint density at radius 3 is 2.78 bits per heavy atom. The fourth-order valence-corrected chi connectivity index (χ4v) is 2.55. The monoisotopic (exact) mass is 332 g/mol. The SMILES string of the molecule is CC1CC(c2n[nH]c(=S)n2/N=C/c2ccc(C(=O)O)cc2)NN1. The number of aromatic carboxylic acids is 1. The highest BCUT2D eigenvalue weighted by Gasteiger charge is 2.26. The Hall–Kier alpha value is -2.36. The van der Waals surface area contributed by atoms with E-state index in [0.717, 1.165) is 12.0 Å². The molecular weight excluding hydrogens is 316 g/mol. The second-order valence-corrected chi connectivity index (χ2v) is 5.74. The first-order chi connectivity index (χ1) is 11.0. The topological polar surface area (TPSA) is 107 Å². The third-order valence-electron chi connectivity index (χ3n) is 3.56. The number of aromatic nitrogens is 3. The highest BCUT2D eigenvalue weighted by atomic mass is 32.1. The van der Waals surface area contributed by atoms with Crippen molar-refractivity contribution in [1.82, 2.24) is 25.7 Å². The number of carbonyl (C=O) groups is 1. The Bertz CT molecular complexity index is 794. The summed E-state index contributed by atoms with van der Waals surface area (Å²) < 4.78 is 1.97. The Balaban J connectivity index is 1.83. The first-order valence-corrected chi connectivity index (χ1v) is 7.51. The summed E-state index contributed by atoms with van der Waals surface area (Å²) in [5, 5.41) is 20.2. The van der Waals surface area contributed by atoms with Crippen LogP contribution in [0.15, 0.2) is 29.4 Å². The number of H-pyrrole nitrogens is 1. The molecule has 0 saturated carbocycles. The van der Waals surface area contributed by atoms with Crippen molar-refractivity contribution < 1.29 is 9.90 Å². The molecule has 1 aliphatic rings. The van der Waals surface area contributed by atoms with Crippen molar-refractivity contribution in [2.45, 2.75) is 25.4 Å². The lowest BCUT2D eigenvalue weighted by Gasteiger charge is -2.07. The van der Waals surface area contributed by atoms with E-state index in [1.165, 1.54) is 12.1 Å². The number of carboxylic acid groups (broad SMARTS) is 1. The summed E-state index contributed by atoms with van der Waals surface area (Å²) in [5.41, 5.74) is 7.30. The summed E-state index contributed by atoms with van der Waals surface area (Å²) in [4.78, 5) is 10.8. The number of hydrazine groups is 1. The van der Waals surface area contributed by atoms with E-state index in [-0.39, 0.29) is 11.6 Å². The smallest absolute Gasteiger partial charge is 0.335 e. The van der Waals surface area contributed by atoms with Gasteiger partial charge >= 0.3 is 5.97 Å². The first-order valence-electron chi connectivity index (χ1n) is 7.10. The van der Waals surface area contributed by atoms with Gasteiger partial charge in [0.1, 0.15) is 0 Å². The maximum absolute atomic E-state index is 10.8. The van der Waals surface area contributed by atoms with Crippen molar-refractivity contribution in [1.29, 1.82) is 0 Å². The second-order valence-electron chi connectivity index (χ2n) is 5.35. The summed E-state index contributed by atoms with van der Waals surface area (Å²) in [6.07, 6.45) is 2.49. The van der Waals surface area contributed by atoms with Crippen molar-refractivity contribution in [2.75, 3.05) is 0 Å². The highest BCUT2D eigenvalue weighted by Crippen LogP contribution is 2.20. The van der Waals surface area contributed by atoms with Gasteiger partial charge < -0.3 is 5.11 Å². The molecule has 1 aromatic heterocycles. The van der Waals surface area contributed by atoms with Gasteiger partial charge in [0, 0.05) is 6.04 Å². The van der Waals surface area contributed by atoms with Crippen LogP contribution in [0.25, 0.3) is 0 Å². The molecule has 2 heterocycles. The molecular formula is C14H16N6O2S. The Morgan fingerprint density at radius 1 is 1.43 bits per heavy atom. The normalized spacial score (nSPS) is 21.1. The van der Waals surface area contributed by atoms with Gasteiger partial charge in [0.25, 0.3) is 0 Å². The molecule has 0 radical (unpaired) electrons. The standard InChI is InChI=1S/C14H16N6O2S/c1-8-6-11(17-16-8)12-18-19-14(23)20(12)15-7-9-2-4-10(5-3-9)13(21)22/h2-5,7-8,11,16-17H,6H2,1H3,(H,19,23)(H,21,22)/b15-7+. The minimum absolute atomic E-state index is 0.0180. The van der Waals surface area contributed by atoms with Crippen molar-refractivity contribution in [3.63, 3.8) is 0 Å². The average molecular weight is 332 g/mol. The highest BCUT2D eigenvalue weighted by molar-refractivity contribution is 7.71. The van der Waals surface area contributed by atoms with Crippen LogP contribution in [0.1, 0.15) is 41.1 Å². The zero-order valence-electron chi connectivity index (χ0n) is 12.4. The molecule has 1 aliphatic heterocycles. The molecule has 2 atom stereocenters. The van der Waals surface area contributed by atoms with Crippen LogP contribution in [0.4, 0.5) is 0 Å². The Labute approximate surface area is 137 Å². The van der Waals surface area contributed by atoms with Gasteiger partial charge in [-0.2, -0.15) is 14.9 Å². The van der Waals surface area contributed by atoms with Gasteiger partial charge in [-0.05, 0) is 43.3 Å². The fourth-order valence-electron chi connectivity index (χ4n) is 2.36. The number of aromatic amines is 1. The molecule has 4 N–H and O–H groups in total. The third kappa shape index (κ3) is 3.36. The lowest BCUT2D eigenvalue weighted by Crippen LogP contribution is -2.29. The lowest BCUT2D eigenvalue weighted by molar-refractivity contribution is 0.0697. The Kier molecular flexibility index (Phi) is 4.33. The molecule has 23 heavy (non-hydrogen) atoms. The van der Waals surface area contributed by atoms with Crippen molar-refractivity contribution in [2.24, 2.45) is 5.10 Å². The van der Waals surface area contributed by atoms with Crippen molar-refractivity contribution >= 4 is 24.4 Å². The number of carboxylic acids is 1. The first kappa shape index (κ1) is 15.5. The molecule has 2 aromatic rings. The molecule has 9 heteroatoms. The number of nitrogens with one attached hydrogen (secondary N) is 3. The van der Waals surface area contributed by atoms with Crippen LogP contribution in [-0.2, 0) is 0 Å². The molecule has 1 fully saturated rings. The van der Waals surface area contributed by atoms with E-state index in [0.29, 0.717) is 16.6 Å². The minimum atomic E-state index is -0.957. The van der Waals surface area contributed by atoms with E-state index >= 15 is 0 Å². The summed E-state index contributed by atoms with van der Waals surface area (Å²) >= 11 is 5.21. The lowest BCUT2D eigenvalue weighted by atomic mass is 10.1. The Morgan fingerprint density at radius 2 is 2.17 bits per heavy atom. The van der Waals surface area contributed by atoms with Crippen LogP contribution < -0.4 is 10.9 Å². The largest absolute Gasteiger partial charge is 0.478 e. The van der Waals surface area contributed by atoms with Crippen molar-refractivity contribution in [3.05, 3.63) is 46.0 Å². The average Bonchev–Trinajstić information content (AvgIpc) is 3.11. The minimum Gasteiger partial charge on any atom is -0.478 e. The van der Waals surface area contributed by atoms with Gasteiger partial charge in [0.05, 0.1) is 17.8 Å². The number of nitrogens with zero attached hydrogens (tertiary/aromatic N) is 3. The van der Waals surface area contributed by atoms with Gasteiger partial charge in [-0.15, -0.1) is 0 Å². The van der Waals surface area contributed by atoms with E-state index in [1.54, 1.807) is 23.0 Å². The maximum Gasteiger partial charge on any atom is 0.335 e. The van der Waals surface area contributed by atoms with E-state index in [4.69, 9.17) is 17.3 Å². The maximum atomic E-state index is 10.8. The van der Waals surface area contributed by atoms with E-state index in [9.17, 15) is 4.79 Å². The van der Waals surface area contributed by atoms with E-state index < -0.39 is 5.97 Å². The van der Waals surface area contributed by atoms with Crippen LogP contribution in [0.2, 0.25) is 0 Å². The number of hydrogen-bond acceptors (Lipinski definition) is 6. The van der Waals surface area contributed by atoms with Crippen molar-refractivity contribution in [3.8, 4) is 0 Å². The zero-order valence-corrected chi connectivity index (χ0v) is 13.2. The van der Waals surface area contributed by atoms with Gasteiger partial charge in [0.15, 0.2) is 5.82 Å². The van der Waals surface area contributed by atoms with Gasteiger partial charge in [-0.3, -0.25) is 10.5 Å². The zero-order chi connectivity index (χ0) is 16.4. The fraction of sp³-hybridized carbons (Fsp3) is 0.286. The summed E-state index contributed by atoms with van der Waals surface area (Å²) in [5.74, 6) is -0.257. The summed E-state index contributed by atoms with van der Waals surface area (Å²) in [6, 6.07) is 6.80. The molecule has 3 rings (SSSR count). The van der Waals surface area contributed by atoms with Crippen LogP contribution in [0.3, 0.4) is 0 Å². The van der Waals surface area contributed by atoms with Crippen LogP contribution in [-0.4, -0.2) is 38.2 Å². The molecule has 8 nitrogen and oxygen atoms in total. The molecule has 0 spiro atoms. The molecule has 0 amide bonds. The van der Waals surface area contributed by atoms with Gasteiger partial charge in [-0.25, -0.2) is 10.2 Å². The van der Waals surface area contributed by atoms with Gasteiger partial charge in [0.2, 0.25) is 4.77 Å². The van der Waals surface area contributed by atoms with Crippen LogP contribution >= 0.6 is 12.2 Å². The van der Waals surface area contributed by atoms with Crippen LogP contribution in [0, 0.1) is 4.77 Å². The predicted molar refractivity (Wildman–Crippen MR) is 86.9 cm³/mol. The molecule has 0 aliphatic carbocycles. The number of benzene rings is 1. The van der Waals surface area contributed by atoms with E-state index in [1.807, 2.05) is 0 Å². The summed E-state index contributed by atoms with van der Waals surface area (Å²) in [7, 11) is 0. The number of hydrogen-bond donors (Lipinski definition) is 4. The molecule has 1 aromatic carbocycles. The molecule has 120 valence electrons. The quantitative estimate of drug-likeness (QED) is 0.499. The molecule has 1 saturated heterocycles. The summed E-state index contributed by atoms with van der Waals surface area (Å²) in [6.45, 7) is 2.08. The van der Waals surface area contributed by atoms with Crippen LogP contribution in [0.5, 0.6) is 0 Å². The third-order valence-corrected chi connectivity index (χ3v) is 3.82. The number of rotatable bonds is 4. The second kappa shape index (κ2) is 6.41. The van der Waals surface area contributed by atoms with Gasteiger partial charge in [-0.1, -0.05) is 12.1 Å². The molecule has 0 bridgehead atoms.